The van der Waals surface area contributed by atoms with Crippen molar-refractivity contribution in [3.05, 3.63) is 0 Å². The molecule has 1 heterocycles. The summed E-state index contributed by atoms with van der Waals surface area (Å²) in [5, 5.41) is 19.1. The average molecular weight is 634 g/mol. The number of rotatable bonds is 16. The van der Waals surface area contributed by atoms with Crippen LogP contribution in [0.4, 0.5) is 0 Å². The van der Waals surface area contributed by atoms with Crippen LogP contribution in [0.15, 0.2) is 0 Å². The number of primary amides is 1. The van der Waals surface area contributed by atoms with E-state index in [9.17, 15) is 38.7 Å². The van der Waals surface area contributed by atoms with Gasteiger partial charge in [0.1, 0.15) is 30.2 Å². The van der Waals surface area contributed by atoms with Crippen LogP contribution >= 0.6 is 25.3 Å². The average Bonchev–Trinajstić information content (AvgIpc) is 3.41. The third kappa shape index (κ3) is 10.7. The third-order valence-corrected chi connectivity index (χ3v) is 7.44. The summed E-state index contributed by atoms with van der Waals surface area (Å²) in [6.45, 7) is 7.04. The second kappa shape index (κ2) is 17.2. The molecule has 1 rings (SSSR count). The molecule has 6 atom stereocenters. The minimum absolute atomic E-state index is 0.0705. The monoisotopic (exact) mass is 633 g/mol. The summed E-state index contributed by atoms with van der Waals surface area (Å²) in [5.74, 6) is -6.62. The van der Waals surface area contributed by atoms with Crippen molar-refractivity contribution in [3.8, 4) is 0 Å². The fraction of sp³-hybridized carbons (Fsp3) is 0.720. The first kappa shape index (κ1) is 37.0. The zero-order valence-electron chi connectivity index (χ0n) is 24.2. The lowest BCUT2D eigenvalue weighted by Crippen LogP contribution is -2.61. The van der Waals surface area contributed by atoms with E-state index in [4.69, 9.17) is 11.5 Å². The first-order chi connectivity index (χ1) is 19.5. The zero-order valence-corrected chi connectivity index (χ0v) is 26.0. The number of carboxylic acids is 1. The first-order valence-corrected chi connectivity index (χ1v) is 14.8. The van der Waals surface area contributed by atoms with E-state index in [1.165, 1.54) is 4.90 Å². The van der Waals surface area contributed by atoms with Crippen molar-refractivity contribution >= 4 is 66.7 Å². The predicted octanol–water partition coefficient (Wildman–Crippen LogP) is -2.62. The predicted molar refractivity (Wildman–Crippen MR) is 159 cm³/mol. The Hall–Kier alpha value is -3.05. The van der Waals surface area contributed by atoms with Gasteiger partial charge in [-0.05, 0) is 24.7 Å². The SMILES string of the molecule is CC(C)[C@H](NC(=O)[C@@H](N)CS)C(=O)N[C@H](C(=O)N1CCC[C@H]1C(=O)N[C@@H](CC(N)=O)C(=O)N[C@@H](CS)C(=O)O)C(C)C. The molecule has 1 fully saturated rings. The number of nitrogens with one attached hydrogen (secondary N) is 4. The van der Waals surface area contributed by atoms with Gasteiger partial charge in [0.15, 0.2) is 0 Å². The van der Waals surface area contributed by atoms with E-state index in [0.717, 1.165) is 0 Å². The van der Waals surface area contributed by atoms with Crippen molar-refractivity contribution in [2.24, 2.45) is 23.3 Å². The summed E-state index contributed by atoms with van der Waals surface area (Å²) in [5.41, 5.74) is 10.9. The smallest absolute Gasteiger partial charge is 0.327 e. The molecule has 0 aromatic rings. The van der Waals surface area contributed by atoms with Crippen LogP contribution in [-0.2, 0) is 33.6 Å². The third-order valence-electron chi connectivity index (χ3n) is 6.68. The maximum absolute atomic E-state index is 13.6. The van der Waals surface area contributed by atoms with Gasteiger partial charge in [0.05, 0.1) is 12.5 Å². The fourth-order valence-electron chi connectivity index (χ4n) is 4.25. The van der Waals surface area contributed by atoms with Crippen LogP contribution in [0.2, 0.25) is 0 Å². The maximum Gasteiger partial charge on any atom is 0.327 e. The lowest BCUT2D eigenvalue weighted by Gasteiger charge is -2.32. The normalized spacial score (nSPS) is 18.4. The summed E-state index contributed by atoms with van der Waals surface area (Å²) in [7, 11) is 0. The van der Waals surface area contributed by atoms with Crippen LogP contribution in [0.5, 0.6) is 0 Å². The molecule has 1 aliphatic heterocycles. The molecule has 0 aliphatic carbocycles. The molecule has 0 saturated carbocycles. The Bertz CT molecular complexity index is 1030. The van der Waals surface area contributed by atoms with E-state index >= 15 is 0 Å². The summed E-state index contributed by atoms with van der Waals surface area (Å²) >= 11 is 7.88. The summed E-state index contributed by atoms with van der Waals surface area (Å²) in [4.78, 5) is 89.3. The van der Waals surface area contributed by atoms with Gasteiger partial charge in [-0.25, -0.2) is 4.79 Å². The van der Waals surface area contributed by atoms with Crippen LogP contribution in [0.1, 0.15) is 47.0 Å². The largest absolute Gasteiger partial charge is 0.480 e. The number of amides is 6. The van der Waals surface area contributed by atoms with E-state index in [1.54, 1.807) is 27.7 Å². The number of hydrogen-bond acceptors (Lipinski definition) is 10. The highest BCUT2D eigenvalue weighted by atomic mass is 32.1. The fourth-order valence-corrected chi connectivity index (χ4v) is 4.67. The molecule has 1 saturated heterocycles. The number of aliphatic carboxylic acids is 1. The number of hydrogen-bond donors (Lipinski definition) is 9. The molecule has 17 heteroatoms. The minimum atomic E-state index is -1.49. The molecule has 15 nitrogen and oxygen atoms in total. The van der Waals surface area contributed by atoms with Crippen LogP contribution < -0.4 is 32.7 Å². The van der Waals surface area contributed by atoms with Crippen LogP contribution in [0.3, 0.4) is 0 Å². The molecule has 0 radical (unpaired) electrons. The van der Waals surface area contributed by atoms with Gasteiger partial charge in [-0.3, -0.25) is 28.8 Å². The molecule has 238 valence electrons. The van der Waals surface area contributed by atoms with E-state index in [-0.39, 0.29) is 30.4 Å². The van der Waals surface area contributed by atoms with Crippen molar-refractivity contribution in [3.63, 3.8) is 0 Å². The zero-order chi connectivity index (χ0) is 32.3. The topological polar surface area (TPSA) is 243 Å². The highest BCUT2D eigenvalue weighted by Crippen LogP contribution is 2.21. The van der Waals surface area contributed by atoms with E-state index in [2.05, 4.69) is 46.5 Å². The van der Waals surface area contributed by atoms with Gasteiger partial charge < -0.3 is 42.7 Å². The van der Waals surface area contributed by atoms with Gasteiger partial charge in [0.25, 0.3) is 0 Å². The molecule has 0 aromatic carbocycles. The van der Waals surface area contributed by atoms with Gasteiger partial charge in [0, 0.05) is 18.1 Å². The summed E-state index contributed by atoms with van der Waals surface area (Å²) in [6.07, 6.45) is 0.0747. The Kier molecular flexibility index (Phi) is 15.1. The molecule has 0 aromatic heterocycles. The Balaban J connectivity index is 3.11. The van der Waals surface area contributed by atoms with Crippen LogP contribution in [-0.4, -0.2) is 106 Å². The lowest BCUT2D eigenvalue weighted by molar-refractivity contribution is -0.144. The van der Waals surface area contributed by atoms with Crippen molar-refractivity contribution in [1.82, 2.24) is 26.2 Å². The summed E-state index contributed by atoms with van der Waals surface area (Å²) in [6, 6.07) is -6.88. The number of carbonyl (C=O) groups is 7. The maximum atomic E-state index is 13.6. The number of carbonyl (C=O) groups excluding carboxylic acids is 6. The Labute approximate surface area is 255 Å². The molecule has 0 spiro atoms. The van der Waals surface area contributed by atoms with Crippen LogP contribution in [0.25, 0.3) is 0 Å². The lowest BCUT2D eigenvalue weighted by atomic mass is 9.98. The van der Waals surface area contributed by atoms with Crippen molar-refractivity contribution in [2.75, 3.05) is 18.1 Å². The van der Waals surface area contributed by atoms with Crippen molar-refractivity contribution in [2.45, 2.75) is 83.2 Å². The number of nitrogens with zero attached hydrogens (tertiary/aromatic N) is 1. The van der Waals surface area contributed by atoms with E-state index in [1.807, 2.05) is 0 Å². The summed E-state index contributed by atoms with van der Waals surface area (Å²) < 4.78 is 0. The Morgan fingerprint density at radius 2 is 1.40 bits per heavy atom. The molecular formula is C25H43N7O8S2. The van der Waals surface area contributed by atoms with Gasteiger partial charge in [0.2, 0.25) is 35.4 Å². The molecular weight excluding hydrogens is 590 g/mol. The molecule has 6 amide bonds. The molecule has 0 bridgehead atoms. The van der Waals surface area contributed by atoms with Crippen molar-refractivity contribution < 1.29 is 38.7 Å². The molecule has 9 N–H and O–H groups in total. The molecule has 42 heavy (non-hydrogen) atoms. The second-order valence-corrected chi connectivity index (χ2v) is 11.5. The highest BCUT2D eigenvalue weighted by molar-refractivity contribution is 7.80. The standard InChI is InChI=1S/C25H43N7O8S2/c1-11(2)18(30-20(34)13(26)9-41)23(37)31-19(12(3)4)24(38)32-7-5-6-16(32)22(36)28-14(8-17(27)33)21(35)29-15(10-42)25(39)40/h11-16,18-19,41-42H,5-10,26H2,1-4H3,(H2,27,33)(H,28,36)(H,29,35)(H,30,34)(H,31,37)(H,39,40)/t13-,14-,15-,16-,18-,19-/m0/s1. The Morgan fingerprint density at radius 1 is 0.833 bits per heavy atom. The Morgan fingerprint density at radius 3 is 1.88 bits per heavy atom. The highest BCUT2D eigenvalue weighted by Gasteiger charge is 2.41. The molecule has 0 unspecified atom stereocenters. The number of likely N-dealkylation sites (tertiary alicyclic amines) is 1. The van der Waals surface area contributed by atoms with Crippen LogP contribution in [0, 0.1) is 11.8 Å². The van der Waals surface area contributed by atoms with Gasteiger partial charge in [-0.15, -0.1) is 0 Å². The second-order valence-electron chi connectivity index (χ2n) is 10.8. The molecule has 1 aliphatic rings. The van der Waals surface area contributed by atoms with Crippen molar-refractivity contribution in [1.29, 1.82) is 0 Å². The van der Waals surface area contributed by atoms with Gasteiger partial charge in [-0.1, -0.05) is 27.7 Å². The minimum Gasteiger partial charge on any atom is -0.480 e. The van der Waals surface area contributed by atoms with E-state index in [0.29, 0.717) is 6.42 Å². The van der Waals surface area contributed by atoms with Gasteiger partial charge >= 0.3 is 5.97 Å². The van der Waals surface area contributed by atoms with E-state index < -0.39 is 90.0 Å². The number of thiol groups is 2. The number of nitrogens with two attached hydrogens (primary N) is 2. The number of carboxylic acid groups (broad SMARTS) is 1. The quantitative estimate of drug-likeness (QED) is 0.0807. The van der Waals surface area contributed by atoms with Gasteiger partial charge in [-0.2, -0.15) is 25.3 Å². The first-order valence-electron chi connectivity index (χ1n) is 13.6.